The number of nitrogens with one attached hydrogen (secondary N) is 1. The molecule has 0 spiro atoms. The number of rotatable bonds is 3. The summed E-state index contributed by atoms with van der Waals surface area (Å²) < 4.78 is 25.2. The first-order valence-corrected chi connectivity index (χ1v) is 7.90. The fourth-order valence-electron chi connectivity index (χ4n) is 2.61. The van der Waals surface area contributed by atoms with Crippen molar-refractivity contribution in [3.63, 3.8) is 0 Å². The van der Waals surface area contributed by atoms with Crippen LogP contribution in [-0.4, -0.2) is 22.3 Å². The Kier molecular flexibility index (Phi) is 3.57. The molecule has 0 radical (unpaired) electrons. The number of hydrogen-bond donors (Lipinski definition) is 1. The zero-order chi connectivity index (χ0) is 16.7. The van der Waals surface area contributed by atoms with Crippen LogP contribution in [0.4, 0.5) is 4.39 Å². The fraction of sp³-hybridized carbons (Fsp3) is 0.0588. The Morgan fingerprint density at radius 1 is 1.12 bits per heavy atom. The zero-order valence-electron chi connectivity index (χ0n) is 12.5. The second kappa shape index (κ2) is 5.76. The summed E-state index contributed by atoms with van der Waals surface area (Å²) in [7, 11) is 1.45. The predicted molar refractivity (Wildman–Crippen MR) is 91.2 cm³/mol. The summed E-state index contributed by atoms with van der Waals surface area (Å²) in [6.45, 7) is 0. The molecule has 0 unspecified atom stereocenters. The van der Waals surface area contributed by atoms with Gasteiger partial charge in [-0.3, -0.25) is 0 Å². The number of halogens is 2. The van der Waals surface area contributed by atoms with E-state index >= 15 is 0 Å². The molecule has 2 heterocycles. The molecule has 2 aromatic heterocycles. The largest absolute Gasteiger partial charge is 0.452 e. The van der Waals surface area contributed by atoms with E-state index in [1.807, 2.05) is 24.3 Å². The Hall–Kier alpha value is -2.67. The van der Waals surface area contributed by atoms with Crippen LogP contribution in [0.25, 0.3) is 33.6 Å². The molecule has 0 bridgehead atoms. The average Bonchev–Trinajstić information content (AvgIpc) is 3.19. The first kappa shape index (κ1) is 14.9. The maximum atomic E-state index is 13.8. The minimum Gasteiger partial charge on any atom is -0.452 e. The van der Waals surface area contributed by atoms with Gasteiger partial charge >= 0.3 is 6.08 Å². The zero-order valence-corrected chi connectivity index (χ0v) is 14.1. The van der Waals surface area contributed by atoms with Crippen LogP contribution >= 0.6 is 15.9 Å². The number of benzene rings is 2. The molecule has 4 aromatic rings. The Morgan fingerprint density at radius 2 is 1.92 bits per heavy atom. The summed E-state index contributed by atoms with van der Waals surface area (Å²) in [6.07, 6.45) is 0.0532. The minimum absolute atomic E-state index is 0.0532. The van der Waals surface area contributed by atoms with Crippen LogP contribution in [-0.2, 0) is 0 Å². The van der Waals surface area contributed by atoms with Gasteiger partial charge in [0.1, 0.15) is 5.82 Å². The number of hydrogen-bond acceptors (Lipinski definition) is 4. The summed E-state index contributed by atoms with van der Waals surface area (Å²) in [4.78, 5) is 3.30. The predicted octanol–water partition coefficient (Wildman–Crippen LogP) is 4.80. The van der Waals surface area contributed by atoms with E-state index in [9.17, 15) is 4.39 Å². The lowest BCUT2D eigenvalue weighted by atomic mass is 10.1. The smallest absolute Gasteiger partial charge is 0.414 e. The van der Waals surface area contributed by atoms with E-state index in [1.165, 1.54) is 19.2 Å². The van der Waals surface area contributed by atoms with Crippen LogP contribution < -0.4 is 4.74 Å². The lowest BCUT2D eigenvalue weighted by Crippen LogP contribution is -1.83. The van der Waals surface area contributed by atoms with Gasteiger partial charge in [0.25, 0.3) is 5.89 Å². The molecule has 0 aliphatic rings. The molecule has 0 fully saturated rings. The van der Waals surface area contributed by atoms with Crippen molar-refractivity contribution in [2.24, 2.45) is 0 Å². The number of H-pyrrole nitrogens is 1. The molecule has 120 valence electrons. The standard InChI is InChI=1S/C17H11BrFN3O2/c1-23-17-22-21-16(24-17)14-12-8-11(19)6-7-13(12)20-15(14)9-2-4-10(18)5-3-9/h2-8,20H,1H3. The quantitative estimate of drug-likeness (QED) is 0.548. The summed E-state index contributed by atoms with van der Waals surface area (Å²) in [6, 6.07) is 12.3. The van der Waals surface area contributed by atoms with Gasteiger partial charge in [-0.05, 0) is 35.9 Å². The van der Waals surface area contributed by atoms with Crippen LogP contribution in [0.2, 0.25) is 0 Å². The highest BCUT2D eigenvalue weighted by Gasteiger charge is 2.21. The maximum absolute atomic E-state index is 13.8. The highest BCUT2D eigenvalue weighted by Crippen LogP contribution is 2.38. The van der Waals surface area contributed by atoms with Crippen molar-refractivity contribution in [2.45, 2.75) is 0 Å². The van der Waals surface area contributed by atoms with Crippen molar-refractivity contribution >= 4 is 26.8 Å². The highest BCUT2D eigenvalue weighted by atomic mass is 79.9. The van der Waals surface area contributed by atoms with Gasteiger partial charge in [0.15, 0.2) is 0 Å². The van der Waals surface area contributed by atoms with Crippen molar-refractivity contribution in [3.05, 3.63) is 52.8 Å². The molecular formula is C17H11BrFN3O2. The van der Waals surface area contributed by atoms with Gasteiger partial charge < -0.3 is 14.1 Å². The van der Waals surface area contributed by atoms with Gasteiger partial charge in [-0.25, -0.2) is 4.39 Å². The number of fused-ring (bicyclic) bond motifs is 1. The molecule has 7 heteroatoms. The monoisotopic (exact) mass is 387 g/mol. The molecule has 0 amide bonds. The van der Waals surface area contributed by atoms with Crippen LogP contribution in [0.3, 0.4) is 0 Å². The van der Waals surface area contributed by atoms with E-state index < -0.39 is 0 Å². The number of aromatic amines is 1. The van der Waals surface area contributed by atoms with Crippen molar-refractivity contribution < 1.29 is 13.5 Å². The molecule has 0 aliphatic heterocycles. The van der Waals surface area contributed by atoms with Gasteiger partial charge in [-0.15, -0.1) is 5.10 Å². The number of methoxy groups -OCH3 is 1. The second-order valence-corrected chi connectivity index (χ2v) is 6.06. The van der Waals surface area contributed by atoms with Crippen molar-refractivity contribution in [2.75, 3.05) is 7.11 Å². The van der Waals surface area contributed by atoms with E-state index in [0.717, 1.165) is 21.2 Å². The Bertz CT molecular complexity index is 1020. The van der Waals surface area contributed by atoms with E-state index in [1.54, 1.807) is 6.07 Å². The molecule has 0 saturated carbocycles. The van der Waals surface area contributed by atoms with Gasteiger partial charge in [0.2, 0.25) is 0 Å². The topological polar surface area (TPSA) is 63.9 Å². The van der Waals surface area contributed by atoms with E-state index in [0.29, 0.717) is 10.9 Å². The molecule has 2 aromatic carbocycles. The van der Waals surface area contributed by atoms with Gasteiger partial charge in [-0.2, -0.15) is 0 Å². The van der Waals surface area contributed by atoms with E-state index in [4.69, 9.17) is 9.15 Å². The van der Waals surface area contributed by atoms with Crippen LogP contribution in [0.15, 0.2) is 51.4 Å². The van der Waals surface area contributed by atoms with Crippen molar-refractivity contribution in [1.29, 1.82) is 0 Å². The maximum Gasteiger partial charge on any atom is 0.414 e. The summed E-state index contributed by atoms with van der Waals surface area (Å²) in [5, 5.41) is 8.50. The molecular weight excluding hydrogens is 377 g/mol. The van der Waals surface area contributed by atoms with Crippen LogP contribution in [0, 0.1) is 5.82 Å². The first-order valence-electron chi connectivity index (χ1n) is 7.11. The van der Waals surface area contributed by atoms with Crippen LogP contribution in [0.5, 0.6) is 6.08 Å². The lowest BCUT2D eigenvalue weighted by molar-refractivity contribution is 0.293. The SMILES string of the molecule is COc1nnc(-c2c(-c3ccc(Br)cc3)[nH]c3ccc(F)cc23)o1. The Morgan fingerprint density at radius 3 is 2.62 bits per heavy atom. The third kappa shape index (κ3) is 2.46. The molecule has 0 saturated heterocycles. The molecule has 0 aliphatic carbocycles. The summed E-state index contributed by atoms with van der Waals surface area (Å²) >= 11 is 3.42. The minimum atomic E-state index is -0.336. The summed E-state index contributed by atoms with van der Waals surface area (Å²) in [5.41, 5.74) is 3.11. The van der Waals surface area contributed by atoms with Gasteiger partial charge in [0, 0.05) is 15.4 Å². The number of aromatic nitrogens is 3. The molecule has 24 heavy (non-hydrogen) atoms. The normalized spacial score (nSPS) is 11.1. The van der Waals surface area contributed by atoms with Crippen LogP contribution in [0.1, 0.15) is 0 Å². The fourth-order valence-corrected chi connectivity index (χ4v) is 2.88. The first-order chi connectivity index (χ1) is 11.7. The summed E-state index contributed by atoms with van der Waals surface area (Å²) in [5.74, 6) is -0.0711. The van der Waals surface area contributed by atoms with E-state index in [-0.39, 0.29) is 17.8 Å². The van der Waals surface area contributed by atoms with E-state index in [2.05, 4.69) is 31.1 Å². The van der Waals surface area contributed by atoms with Gasteiger partial charge in [-0.1, -0.05) is 33.2 Å². The van der Waals surface area contributed by atoms with Crippen molar-refractivity contribution in [3.8, 4) is 28.8 Å². The molecule has 5 nitrogen and oxygen atoms in total. The van der Waals surface area contributed by atoms with Gasteiger partial charge in [0.05, 0.1) is 18.4 Å². The lowest BCUT2D eigenvalue weighted by Gasteiger charge is -2.02. The second-order valence-electron chi connectivity index (χ2n) is 5.15. The Balaban J connectivity index is 2.01. The number of nitrogens with zero attached hydrogens (tertiary/aromatic N) is 2. The third-order valence-electron chi connectivity index (χ3n) is 3.69. The third-order valence-corrected chi connectivity index (χ3v) is 4.22. The van der Waals surface area contributed by atoms with Crippen molar-refractivity contribution in [1.82, 2.24) is 15.2 Å². The average molecular weight is 388 g/mol. The molecule has 1 N–H and O–H groups in total. The Labute approximate surface area is 144 Å². The molecule has 4 rings (SSSR count). The molecule has 0 atom stereocenters. The number of ether oxygens (including phenoxy) is 1. The highest BCUT2D eigenvalue weighted by molar-refractivity contribution is 9.10.